The molecule has 0 spiro atoms. The van der Waals surface area contributed by atoms with Crippen molar-refractivity contribution in [2.45, 2.75) is 125 Å². The summed E-state index contributed by atoms with van der Waals surface area (Å²) >= 11 is 0. The van der Waals surface area contributed by atoms with Gasteiger partial charge in [-0.15, -0.1) is 0 Å². The maximum Gasteiger partial charge on any atom is 0.138 e. The molecule has 0 aliphatic heterocycles. The molecule has 0 radical (unpaired) electrons. The van der Waals surface area contributed by atoms with Crippen molar-refractivity contribution in [1.82, 2.24) is 0 Å². The number of allylic oxidation sites excluding steroid dienone is 2. The molecule has 0 amide bonds. The van der Waals surface area contributed by atoms with Crippen molar-refractivity contribution < 1.29 is 9.90 Å². The van der Waals surface area contributed by atoms with Crippen molar-refractivity contribution in [3.8, 4) is 0 Å². The third-order valence-corrected chi connectivity index (χ3v) is 12.1. The Morgan fingerprint density at radius 3 is 2.28 bits per heavy atom. The standard InChI is InChI=1S/C30H50O2/c1-20(2)10-9-16-30(8,32)22-13-18-28(6)21(22)11-12-24-27(5)17-15-25(31)26(3,4)23(27)14-19-29(24,28)7/h10,21-24,32H,9,11-19H2,1-8H3/t21-,22-,23+,24-,27+,28-,29-,30+/m1/s1. The Hall–Kier alpha value is -0.630. The fraction of sp³-hybridized carbons (Fsp3) is 0.900. The molecule has 4 rings (SSSR count). The number of fused-ring (bicyclic) bond motifs is 5. The van der Waals surface area contributed by atoms with E-state index in [4.69, 9.17) is 0 Å². The minimum atomic E-state index is -0.572. The first kappa shape index (κ1) is 24.5. The second-order valence-electron chi connectivity index (χ2n) is 14.1. The molecule has 2 heteroatoms. The molecule has 0 aromatic rings. The lowest BCUT2D eigenvalue weighted by Crippen LogP contribution is -2.63. The number of Topliss-reactive ketones (excluding diaryl/α,β-unsaturated/α-hetero) is 1. The smallest absolute Gasteiger partial charge is 0.138 e. The van der Waals surface area contributed by atoms with Gasteiger partial charge in [0.1, 0.15) is 5.78 Å². The van der Waals surface area contributed by atoms with E-state index in [1.165, 1.54) is 44.1 Å². The second-order valence-corrected chi connectivity index (χ2v) is 14.1. The van der Waals surface area contributed by atoms with E-state index in [1.54, 1.807) is 0 Å². The highest BCUT2D eigenvalue weighted by molar-refractivity contribution is 5.85. The molecule has 0 saturated heterocycles. The molecule has 8 atom stereocenters. The minimum absolute atomic E-state index is 0.168. The zero-order valence-electron chi connectivity index (χ0n) is 22.3. The van der Waals surface area contributed by atoms with Crippen LogP contribution in [0.25, 0.3) is 0 Å². The zero-order chi connectivity index (χ0) is 23.7. The molecule has 0 aromatic carbocycles. The third kappa shape index (κ3) is 3.32. The molecule has 0 aromatic heterocycles. The molecule has 32 heavy (non-hydrogen) atoms. The predicted octanol–water partition coefficient (Wildman–Crippen LogP) is 7.74. The van der Waals surface area contributed by atoms with Gasteiger partial charge in [0.25, 0.3) is 0 Å². The van der Waals surface area contributed by atoms with Crippen LogP contribution in [0.5, 0.6) is 0 Å². The van der Waals surface area contributed by atoms with E-state index in [1.807, 2.05) is 0 Å². The van der Waals surface area contributed by atoms with Crippen LogP contribution in [0.3, 0.4) is 0 Å². The largest absolute Gasteiger partial charge is 0.390 e. The van der Waals surface area contributed by atoms with E-state index in [9.17, 15) is 9.90 Å². The number of aliphatic hydroxyl groups is 1. The highest BCUT2D eigenvalue weighted by atomic mass is 16.3. The highest BCUT2D eigenvalue weighted by Gasteiger charge is 2.69. The van der Waals surface area contributed by atoms with Gasteiger partial charge in [0, 0.05) is 11.8 Å². The van der Waals surface area contributed by atoms with E-state index in [-0.39, 0.29) is 10.8 Å². The van der Waals surface area contributed by atoms with Crippen LogP contribution in [0.2, 0.25) is 0 Å². The Labute approximate surface area is 198 Å². The van der Waals surface area contributed by atoms with Gasteiger partial charge in [0.05, 0.1) is 5.60 Å². The summed E-state index contributed by atoms with van der Waals surface area (Å²) in [4.78, 5) is 12.8. The van der Waals surface area contributed by atoms with Gasteiger partial charge in [-0.05, 0) is 118 Å². The Morgan fingerprint density at radius 2 is 1.62 bits per heavy atom. The first-order valence-corrected chi connectivity index (χ1v) is 13.6. The number of rotatable bonds is 4. The number of hydrogen-bond donors (Lipinski definition) is 1. The predicted molar refractivity (Wildman–Crippen MR) is 133 cm³/mol. The van der Waals surface area contributed by atoms with Crippen LogP contribution in [0.4, 0.5) is 0 Å². The van der Waals surface area contributed by atoms with E-state index < -0.39 is 5.60 Å². The van der Waals surface area contributed by atoms with Crippen molar-refractivity contribution in [3.05, 3.63) is 11.6 Å². The molecule has 4 saturated carbocycles. The maximum atomic E-state index is 12.8. The van der Waals surface area contributed by atoms with E-state index in [2.05, 4.69) is 61.5 Å². The average Bonchev–Trinajstić information content (AvgIpc) is 3.04. The fourth-order valence-corrected chi connectivity index (χ4v) is 10.1. The number of carbonyl (C=O) groups excluding carboxylic acids is 1. The molecule has 4 fully saturated rings. The lowest BCUT2D eigenvalue weighted by Gasteiger charge is -2.69. The lowest BCUT2D eigenvalue weighted by molar-refractivity contribution is -0.207. The molecule has 0 unspecified atom stereocenters. The Balaban J connectivity index is 1.62. The summed E-state index contributed by atoms with van der Waals surface area (Å²) < 4.78 is 0. The summed E-state index contributed by atoms with van der Waals surface area (Å²) in [6.45, 7) is 18.7. The molecule has 0 bridgehead atoms. The summed E-state index contributed by atoms with van der Waals surface area (Å²) in [5, 5.41) is 11.6. The third-order valence-electron chi connectivity index (χ3n) is 12.1. The van der Waals surface area contributed by atoms with Gasteiger partial charge < -0.3 is 5.11 Å². The van der Waals surface area contributed by atoms with Gasteiger partial charge in [0.2, 0.25) is 0 Å². The number of carbonyl (C=O) groups is 1. The molecule has 1 N–H and O–H groups in total. The monoisotopic (exact) mass is 442 g/mol. The van der Waals surface area contributed by atoms with Crippen molar-refractivity contribution >= 4 is 5.78 Å². The molecular formula is C30H50O2. The molecule has 182 valence electrons. The quantitative estimate of drug-likeness (QED) is 0.452. The van der Waals surface area contributed by atoms with Crippen LogP contribution in [-0.4, -0.2) is 16.5 Å². The summed E-state index contributed by atoms with van der Waals surface area (Å²) in [6, 6.07) is 0. The summed E-state index contributed by atoms with van der Waals surface area (Å²) in [5.74, 6) is 2.78. The normalized spacial score (nSPS) is 47.1. The van der Waals surface area contributed by atoms with Gasteiger partial charge in [-0.2, -0.15) is 0 Å². The number of ketones is 1. The molecule has 4 aliphatic rings. The van der Waals surface area contributed by atoms with Crippen LogP contribution in [0.15, 0.2) is 11.6 Å². The molecule has 0 heterocycles. The Morgan fingerprint density at radius 1 is 0.969 bits per heavy atom. The summed E-state index contributed by atoms with van der Waals surface area (Å²) in [7, 11) is 0. The van der Waals surface area contributed by atoms with Crippen LogP contribution in [0.1, 0.15) is 120 Å². The first-order chi connectivity index (χ1) is 14.7. The molecular weight excluding hydrogens is 392 g/mol. The van der Waals surface area contributed by atoms with Crippen molar-refractivity contribution in [2.75, 3.05) is 0 Å². The molecule has 4 aliphatic carbocycles. The highest BCUT2D eigenvalue weighted by Crippen LogP contribution is 2.75. The Kier molecular flexibility index (Phi) is 5.89. The Bertz CT molecular complexity index is 787. The van der Waals surface area contributed by atoms with Crippen LogP contribution < -0.4 is 0 Å². The first-order valence-electron chi connectivity index (χ1n) is 13.6. The van der Waals surface area contributed by atoms with Gasteiger partial charge in [-0.3, -0.25) is 4.79 Å². The summed E-state index contributed by atoms with van der Waals surface area (Å²) in [6.07, 6.45) is 13.5. The van der Waals surface area contributed by atoms with E-state index in [0.717, 1.165) is 25.7 Å². The van der Waals surface area contributed by atoms with Gasteiger partial charge in [-0.1, -0.05) is 46.3 Å². The number of hydrogen-bond acceptors (Lipinski definition) is 2. The SMILES string of the molecule is CC(C)=CCC[C@](C)(O)[C@@H]1CC[C@]2(C)[C@@H]1CC[C@@H]1[C@@]3(C)CCC(=O)C(C)(C)[C@@H]3CC[C@]12C. The van der Waals surface area contributed by atoms with Crippen LogP contribution in [-0.2, 0) is 4.79 Å². The van der Waals surface area contributed by atoms with E-state index in [0.29, 0.717) is 40.3 Å². The van der Waals surface area contributed by atoms with Crippen LogP contribution >= 0.6 is 0 Å². The van der Waals surface area contributed by atoms with Crippen molar-refractivity contribution in [3.63, 3.8) is 0 Å². The topological polar surface area (TPSA) is 37.3 Å². The van der Waals surface area contributed by atoms with Crippen LogP contribution in [0, 0.1) is 45.3 Å². The van der Waals surface area contributed by atoms with Crippen molar-refractivity contribution in [2.24, 2.45) is 45.3 Å². The maximum absolute atomic E-state index is 12.8. The zero-order valence-corrected chi connectivity index (χ0v) is 22.3. The second kappa shape index (κ2) is 7.69. The minimum Gasteiger partial charge on any atom is -0.390 e. The molecule has 2 nitrogen and oxygen atoms in total. The summed E-state index contributed by atoms with van der Waals surface area (Å²) in [5.41, 5.74) is 1.52. The van der Waals surface area contributed by atoms with Gasteiger partial charge in [-0.25, -0.2) is 0 Å². The van der Waals surface area contributed by atoms with Gasteiger partial charge in [0.15, 0.2) is 0 Å². The lowest BCUT2D eigenvalue weighted by atomic mass is 9.35. The fourth-order valence-electron chi connectivity index (χ4n) is 10.1. The van der Waals surface area contributed by atoms with E-state index >= 15 is 0 Å². The van der Waals surface area contributed by atoms with Gasteiger partial charge >= 0.3 is 0 Å². The average molecular weight is 443 g/mol. The van der Waals surface area contributed by atoms with Crippen molar-refractivity contribution in [1.29, 1.82) is 0 Å².